The highest BCUT2D eigenvalue weighted by Gasteiger charge is 2.15. The molecule has 0 radical (unpaired) electrons. The van der Waals surface area contributed by atoms with E-state index in [4.69, 9.17) is 4.74 Å². The van der Waals surface area contributed by atoms with E-state index in [-0.39, 0.29) is 24.7 Å². The van der Waals surface area contributed by atoms with E-state index in [0.29, 0.717) is 18.0 Å². The van der Waals surface area contributed by atoms with E-state index >= 15 is 0 Å². The van der Waals surface area contributed by atoms with Crippen molar-refractivity contribution in [3.63, 3.8) is 0 Å². The molecule has 0 aromatic heterocycles. The number of ether oxygens (including phenoxy) is 1. The lowest BCUT2D eigenvalue weighted by molar-refractivity contribution is -0.119. The molecule has 0 aliphatic carbocycles. The molecule has 2 N–H and O–H groups in total. The standard InChI is InChI=1S/C19H21F2N3O3/c1-3-24(11-18(25)22-13-8-9-14(20)15(21)10-13)12-19(26)23-16-6-4-5-7-17(16)27-2/h4-10H,3,11-12H2,1-2H3,(H,22,25)(H,23,26). The Balaban J connectivity index is 1.91. The average Bonchev–Trinajstić information content (AvgIpc) is 2.64. The molecule has 0 saturated heterocycles. The van der Waals surface area contributed by atoms with Crippen molar-refractivity contribution in [1.29, 1.82) is 0 Å². The van der Waals surface area contributed by atoms with Crippen molar-refractivity contribution in [2.75, 3.05) is 37.4 Å². The van der Waals surface area contributed by atoms with Gasteiger partial charge in [-0.1, -0.05) is 19.1 Å². The quantitative estimate of drug-likeness (QED) is 0.742. The Morgan fingerprint density at radius 3 is 2.30 bits per heavy atom. The predicted octanol–water partition coefficient (Wildman–Crippen LogP) is 2.87. The molecule has 0 heterocycles. The van der Waals surface area contributed by atoms with Gasteiger partial charge >= 0.3 is 0 Å². The summed E-state index contributed by atoms with van der Waals surface area (Å²) in [5, 5.41) is 5.21. The zero-order chi connectivity index (χ0) is 19.8. The Bertz CT molecular complexity index is 815. The molecule has 0 saturated carbocycles. The highest BCUT2D eigenvalue weighted by molar-refractivity contribution is 5.95. The first-order valence-corrected chi connectivity index (χ1v) is 8.33. The van der Waals surface area contributed by atoms with E-state index < -0.39 is 17.5 Å². The number of anilines is 2. The normalized spacial score (nSPS) is 10.6. The molecular weight excluding hydrogens is 356 g/mol. The minimum Gasteiger partial charge on any atom is -0.495 e. The maximum atomic E-state index is 13.2. The number of rotatable bonds is 8. The molecule has 0 atom stereocenters. The smallest absolute Gasteiger partial charge is 0.238 e. The number of nitrogens with zero attached hydrogens (tertiary/aromatic N) is 1. The van der Waals surface area contributed by atoms with Crippen molar-refractivity contribution in [2.45, 2.75) is 6.92 Å². The lowest BCUT2D eigenvalue weighted by Crippen LogP contribution is -2.38. The molecule has 0 aliphatic rings. The van der Waals surface area contributed by atoms with Crippen molar-refractivity contribution in [2.24, 2.45) is 0 Å². The largest absolute Gasteiger partial charge is 0.495 e. The summed E-state index contributed by atoms with van der Waals surface area (Å²) in [6, 6.07) is 10.1. The van der Waals surface area contributed by atoms with Crippen LogP contribution >= 0.6 is 0 Å². The Morgan fingerprint density at radius 2 is 1.67 bits per heavy atom. The van der Waals surface area contributed by atoms with Crippen LogP contribution in [0.25, 0.3) is 0 Å². The number of methoxy groups -OCH3 is 1. The molecule has 0 spiro atoms. The van der Waals surface area contributed by atoms with Gasteiger partial charge in [0, 0.05) is 11.8 Å². The molecule has 27 heavy (non-hydrogen) atoms. The van der Waals surface area contributed by atoms with Crippen LogP contribution < -0.4 is 15.4 Å². The lowest BCUT2D eigenvalue weighted by atomic mass is 10.3. The zero-order valence-corrected chi connectivity index (χ0v) is 15.1. The molecule has 144 valence electrons. The minimum atomic E-state index is -1.05. The topological polar surface area (TPSA) is 70.7 Å². The summed E-state index contributed by atoms with van der Waals surface area (Å²) in [4.78, 5) is 25.9. The van der Waals surface area contributed by atoms with Crippen LogP contribution in [-0.4, -0.2) is 43.5 Å². The highest BCUT2D eigenvalue weighted by atomic mass is 19.2. The molecular formula is C19H21F2N3O3. The van der Waals surface area contributed by atoms with Crippen LogP contribution in [0.5, 0.6) is 5.75 Å². The Morgan fingerprint density at radius 1 is 1.00 bits per heavy atom. The number of hydrogen-bond acceptors (Lipinski definition) is 4. The van der Waals surface area contributed by atoms with Gasteiger partial charge in [0.05, 0.1) is 25.9 Å². The highest BCUT2D eigenvalue weighted by Crippen LogP contribution is 2.22. The fourth-order valence-corrected chi connectivity index (χ4v) is 2.40. The molecule has 0 fully saturated rings. The SMILES string of the molecule is CCN(CC(=O)Nc1ccc(F)c(F)c1)CC(=O)Nc1ccccc1OC. The second kappa shape index (κ2) is 9.63. The van der Waals surface area contributed by atoms with Gasteiger partial charge in [0.2, 0.25) is 11.8 Å². The van der Waals surface area contributed by atoms with Gasteiger partial charge in [-0.05, 0) is 30.8 Å². The van der Waals surface area contributed by atoms with Gasteiger partial charge in [0.15, 0.2) is 11.6 Å². The van der Waals surface area contributed by atoms with E-state index in [1.54, 1.807) is 36.1 Å². The van der Waals surface area contributed by atoms with Crippen molar-refractivity contribution in [3.8, 4) is 5.75 Å². The summed E-state index contributed by atoms with van der Waals surface area (Å²) in [5.41, 5.74) is 0.681. The molecule has 2 amide bonds. The van der Waals surface area contributed by atoms with Crippen LogP contribution in [0.1, 0.15) is 6.92 Å². The number of nitrogens with one attached hydrogen (secondary N) is 2. The summed E-state index contributed by atoms with van der Waals surface area (Å²) in [6.45, 7) is 2.17. The van der Waals surface area contributed by atoms with Crippen LogP contribution in [0, 0.1) is 11.6 Å². The fourth-order valence-electron chi connectivity index (χ4n) is 2.40. The Labute approximate surface area is 156 Å². The first-order valence-electron chi connectivity index (χ1n) is 8.33. The maximum Gasteiger partial charge on any atom is 0.238 e. The van der Waals surface area contributed by atoms with Crippen molar-refractivity contribution < 1.29 is 23.1 Å². The number of benzene rings is 2. The van der Waals surface area contributed by atoms with Crippen molar-refractivity contribution in [3.05, 3.63) is 54.1 Å². The summed E-state index contributed by atoms with van der Waals surface area (Å²) in [7, 11) is 1.51. The molecule has 0 bridgehead atoms. The Kier molecular flexibility index (Phi) is 7.25. The molecule has 2 aromatic carbocycles. The number of halogens is 2. The van der Waals surface area contributed by atoms with Gasteiger partial charge in [-0.25, -0.2) is 8.78 Å². The van der Waals surface area contributed by atoms with Crippen LogP contribution in [0.4, 0.5) is 20.2 Å². The monoisotopic (exact) mass is 377 g/mol. The van der Waals surface area contributed by atoms with E-state index in [1.165, 1.54) is 13.2 Å². The number of carbonyl (C=O) groups is 2. The second-order valence-electron chi connectivity index (χ2n) is 5.73. The molecule has 0 unspecified atom stereocenters. The van der Waals surface area contributed by atoms with Crippen molar-refractivity contribution in [1.82, 2.24) is 4.90 Å². The first-order chi connectivity index (χ1) is 12.9. The summed E-state index contributed by atoms with van der Waals surface area (Å²) in [5.74, 6) is -2.24. The van der Waals surface area contributed by atoms with E-state index in [1.807, 2.05) is 0 Å². The van der Waals surface area contributed by atoms with E-state index in [9.17, 15) is 18.4 Å². The third-order valence-electron chi connectivity index (χ3n) is 3.77. The van der Waals surface area contributed by atoms with Gasteiger partial charge < -0.3 is 15.4 Å². The van der Waals surface area contributed by atoms with Gasteiger partial charge in [0.25, 0.3) is 0 Å². The van der Waals surface area contributed by atoms with E-state index in [0.717, 1.165) is 12.1 Å². The third kappa shape index (κ3) is 6.03. The predicted molar refractivity (Wildman–Crippen MR) is 98.7 cm³/mol. The number of amides is 2. The molecule has 0 aliphatic heterocycles. The molecule has 2 aromatic rings. The lowest BCUT2D eigenvalue weighted by Gasteiger charge is -2.19. The number of hydrogen-bond donors (Lipinski definition) is 2. The summed E-state index contributed by atoms with van der Waals surface area (Å²) < 4.78 is 31.3. The van der Waals surface area contributed by atoms with Crippen LogP contribution in [0.15, 0.2) is 42.5 Å². The average molecular weight is 377 g/mol. The maximum absolute atomic E-state index is 13.2. The van der Waals surface area contributed by atoms with Gasteiger partial charge in [-0.15, -0.1) is 0 Å². The molecule has 6 nitrogen and oxygen atoms in total. The van der Waals surface area contributed by atoms with Gasteiger partial charge in [0.1, 0.15) is 5.75 Å². The van der Waals surface area contributed by atoms with E-state index in [2.05, 4.69) is 10.6 Å². The number of para-hydroxylation sites is 2. The van der Waals surface area contributed by atoms with Crippen molar-refractivity contribution >= 4 is 23.2 Å². The molecule has 2 rings (SSSR count). The van der Waals surface area contributed by atoms with Crippen LogP contribution in [0.2, 0.25) is 0 Å². The first kappa shape index (κ1) is 20.3. The van der Waals surface area contributed by atoms with Crippen LogP contribution in [0.3, 0.4) is 0 Å². The summed E-state index contributed by atoms with van der Waals surface area (Å²) in [6.07, 6.45) is 0. The second-order valence-corrected chi connectivity index (χ2v) is 5.73. The fraction of sp³-hybridized carbons (Fsp3) is 0.263. The van der Waals surface area contributed by atoms with Gasteiger partial charge in [-0.3, -0.25) is 14.5 Å². The third-order valence-corrected chi connectivity index (χ3v) is 3.77. The Hall–Kier alpha value is -3.00. The summed E-state index contributed by atoms with van der Waals surface area (Å²) >= 11 is 0. The minimum absolute atomic E-state index is 0.0141. The number of likely N-dealkylation sites (N-methyl/N-ethyl adjacent to an activating group) is 1. The van der Waals surface area contributed by atoms with Crippen LogP contribution in [-0.2, 0) is 9.59 Å². The molecule has 8 heteroatoms. The zero-order valence-electron chi connectivity index (χ0n) is 15.1. The van der Waals surface area contributed by atoms with Gasteiger partial charge in [-0.2, -0.15) is 0 Å². The number of carbonyl (C=O) groups excluding carboxylic acids is 2.